The molecule has 1 aromatic heterocycles. The molecular formula is C28H28BrN5O6S2. The van der Waals surface area contributed by atoms with Gasteiger partial charge >= 0.3 is 0 Å². The molecule has 0 unspecified atom stereocenters. The highest BCUT2D eigenvalue weighted by Gasteiger charge is 2.33. The average molecular weight is 675 g/mol. The maximum atomic E-state index is 13.0. The highest BCUT2D eigenvalue weighted by Crippen LogP contribution is 2.46. The number of carbonyl (C=O) groups excluding carboxylic acids is 2. The van der Waals surface area contributed by atoms with E-state index in [1.54, 1.807) is 30.3 Å². The number of fused-ring (bicyclic) bond motifs is 1. The Bertz CT molecular complexity index is 1890. The molecule has 2 N–H and O–H groups in total. The largest absolute Gasteiger partial charge is 0.354 e. The second-order valence-electron chi connectivity index (χ2n) is 9.95. The van der Waals surface area contributed by atoms with E-state index in [1.165, 1.54) is 36.0 Å². The smallest absolute Gasteiger partial charge is 0.270 e. The number of benzene rings is 3. The number of carbonyl (C=O) groups is 2. The summed E-state index contributed by atoms with van der Waals surface area (Å²) >= 11 is 3.41. The molecule has 0 saturated heterocycles. The SMILES string of the molecule is CNC(=O)c1c2cc(C3CC3)c(N(CCC(=O)NS(=O)(=O)c3ccccc3)S(C)(=O)=O)cc2nn1-c1ccc(Br)cc1. The maximum Gasteiger partial charge on any atom is 0.270 e. The van der Waals surface area contributed by atoms with Gasteiger partial charge in [-0.05, 0) is 72.9 Å². The fraction of sp³-hybridized carbons (Fsp3) is 0.250. The molecule has 220 valence electrons. The maximum absolute atomic E-state index is 13.0. The number of rotatable bonds is 10. The van der Waals surface area contributed by atoms with E-state index in [-0.39, 0.29) is 23.3 Å². The minimum absolute atomic E-state index is 0.0644. The number of nitrogens with one attached hydrogen (secondary N) is 2. The van der Waals surface area contributed by atoms with Crippen LogP contribution in [0.25, 0.3) is 16.6 Å². The molecule has 4 aromatic rings. The van der Waals surface area contributed by atoms with E-state index in [2.05, 4.69) is 26.3 Å². The van der Waals surface area contributed by atoms with Gasteiger partial charge in [-0.3, -0.25) is 13.9 Å². The number of hydrogen-bond donors (Lipinski definition) is 2. The lowest BCUT2D eigenvalue weighted by Gasteiger charge is -2.25. The Morgan fingerprint density at radius 1 is 1.02 bits per heavy atom. The van der Waals surface area contributed by atoms with E-state index in [1.807, 2.05) is 16.9 Å². The van der Waals surface area contributed by atoms with Crippen molar-refractivity contribution in [2.45, 2.75) is 30.1 Å². The number of amides is 2. The molecule has 0 radical (unpaired) electrons. The second-order valence-corrected chi connectivity index (χ2v) is 14.5. The topological polar surface area (TPSA) is 148 Å². The quantitative estimate of drug-likeness (QED) is 0.261. The van der Waals surface area contributed by atoms with Crippen LogP contribution in [0.1, 0.15) is 41.2 Å². The Kier molecular flexibility index (Phi) is 8.14. The summed E-state index contributed by atoms with van der Waals surface area (Å²) < 4.78 is 56.8. The molecule has 1 saturated carbocycles. The minimum Gasteiger partial charge on any atom is -0.354 e. The average Bonchev–Trinajstić information content (AvgIpc) is 3.72. The molecule has 5 rings (SSSR count). The van der Waals surface area contributed by atoms with Gasteiger partial charge in [0.1, 0.15) is 5.69 Å². The van der Waals surface area contributed by atoms with Gasteiger partial charge in [0, 0.05) is 29.9 Å². The molecule has 1 heterocycles. The lowest BCUT2D eigenvalue weighted by Crippen LogP contribution is -2.37. The standard InChI is InChI=1S/C28H28BrN5O6S2/c1-30-28(36)27-23-16-22(18-8-9-18)25(17-24(23)31-34(27)20-12-10-19(29)11-13-20)33(41(2,37)38)15-14-26(35)32-42(39,40)21-6-4-3-5-7-21/h3-7,10-13,16-18H,8-9,14-15H2,1-2H3,(H,30,36)(H,32,35). The van der Waals surface area contributed by atoms with Gasteiger partial charge < -0.3 is 5.32 Å². The van der Waals surface area contributed by atoms with Gasteiger partial charge in [-0.15, -0.1) is 0 Å². The van der Waals surface area contributed by atoms with Crippen molar-refractivity contribution in [2.24, 2.45) is 0 Å². The summed E-state index contributed by atoms with van der Waals surface area (Å²) in [6.07, 6.45) is 2.30. The summed E-state index contributed by atoms with van der Waals surface area (Å²) in [5.74, 6) is -1.14. The van der Waals surface area contributed by atoms with Crippen molar-refractivity contribution in [3.63, 3.8) is 0 Å². The van der Waals surface area contributed by atoms with Crippen molar-refractivity contribution in [1.29, 1.82) is 0 Å². The van der Waals surface area contributed by atoms with Gasteiger partial charge in [-0.25, -0.2) is 26.2 Å². The van der Waals surface area contributed by atoms with Gasteiger partial charge in [0.15, 0.2) is 0 Å². The molecule has 1 fully saturated rings. The lowest BCUT2D eigenvalue weighted by molar-refractivity contribution is -0.119. The first-order valence-corrected chi connectivity index (χ1v) is 17.1. The van der Waals surface area contributed by atoms with Crippen molar-refractivity contribution in [3.8, 4) is 5.69 Å². The van der Waals surface area contributed by atoms with Gasteiger partial charge in [0.05, 0.1) is 28.0 Å². The van der Waals surface area contributed by atoms with Crippen LogP contribution in [0.15, 0.2) is 76.1 Å². The van der Waals surface area contributed by atoms with Gasteiger partial charge in [-0.1, -0.05) is 34.1 Å². The van der Waals surface area contributed by atoms with E-state index in [4.69, 9.17) is 0 Å². The van der Waals surface area contributed by atoms with Crippen LogP contribution in [-0.2, 0) is 24.8 Å². The summed E-state index contributed by atoms with van der Waals surface area (Å²) in [6.45, 7) is -0.296. The molecular weight excluding hydrogens is 646 g/mol. The van der Waals surface area contributed by atoms with Gasteiger partial charge in [0.2, 0.25) is 15.9 Å². The first kappa shape index (κ1) is 29.7. The van der Waals surface area contributed by atoms with Crippen LogP contribution in [0, 0.1) is 0 Å². The molecule has 14 heteroatoms. The van der Waals surface area contributed by atoms with Crippen LogP contribution in [-0.4, -0.2) is 58.3 Å². The molecule has 0 aliphatic heterocycles. The van der Waals surface area contributed by atoms with E-state index in [0.717, 1.165) is 27.9 Å². The summed E-state index contributed by atoms with van der Waals surface area (Å²) in [5, 5.41) is 7.88. The lowest BCUT2D eigenvalue weighted by atomic mass is 10.0. The van der Waals surface area contributed by atoms with Crippen LogP contribution >= 0.6 is 15.9 Å². The zero-order valence-electron chi connectivity index (χ0n) is 22.7. The fourth-order valence-electron chi connectivity index (χ4n) is 4.71. The number of nitrogens with zero attached hydrogens (tertiary/aromatic N) is 3. The van der Waals surface area contributed by atoms with Crippen LogP contribution in [0.3, 0.4) is 0 Å². The Morgan fingerprint density at radius 3 is 2.29 bits per heavy atom. The Labute approximate surface area is 252 Å². The van der Waals surface area contributed by atoms with Crippen LogP contribution < -0.4 is 14.3 Å². The number of anilines is 1. The Hall–Kier alpha value is -3.75. The van der Waals surface area contributed by atoms with E-state index < -0.39 is 32.4 Å². The molecule has 0 spiro atoms. The van der Waals surface area contributed by atoms with E-state index in [0.29, 0.717) is 33.5 Å². The molecule has 1 aliphatic rings. The monoisotopic (exact) mass is 673 g/mol. The van der Waals surface area contributed by atoms with Crippen molar-refractivity contribution < 1.29 is 26.4 Å². The highest BCUT2D eigenvalue weighted by molar-refractivity contribution is 9.10. The van der Waals surface area contributed by atoms with Crippen LogP contribution in [0.2, 0.25) is 0 Å². The first-order chi connectivity index (χ1) is 19.9. The third-order valence-corrected chi connectivity index (χ3v) is 9.96. The third-order valence-electron chi connectivity index (χ3n) is 6.86. The zero-order valence-corrected chi connectivity index (χ0v) is 26.0. The first-order valence-electron chi connectivity index (χ1n) is 13.0. The number of halogens is 1. The van der Waals surface area contributed by atoms with Crippen molar-refractivity contribution in [1.82, 2.24) is 19.8 Å². The molecule has 11 nitrogen and oxygen atoms in total. The predicted molar refractivity (Wildman–Crippen MR) is 163 cm³/mol. The fourth-order valence-corrected chi connectivity index (χ4v) is 6.95. The highest BCUT2D eigenvalue weighted by atomic mass is 79.9. The predicted octanol–water partition coefficient (Wildman–Crippen LogP) is 3.69. The molecule has 0 atom stereocenters. The molecule has 0 bridgehead atoms. The summed E-state index contributed by atoms with van der Waals surface area (Å²) in [7, 11) is -6.49. The minimum atomic E-state index is -4.11. The molecule has 2 amide bonds. The third kappa shape index (κ3) is 6.20. The molecule has 3 aromatic carbocycles. The van der Waals surface area contributed by atoms with Crippen LogP contribution in [0.5, 0.6) is 0 Å². The van der Waals surface area contributed by atoms with Gasteiger partial charge in [-0.2, -0.15) is 5.10 Å². The van der Waals surface area contributed by atoms with Crippen LogP contribution in [0.4, 0.5) is 5.69 Å². The summed E-state index contributed by atoms with van der Waals surface area (Å²) in [6, 6.07) is 18.1. The second kappa shape index (κ2) is 11.5. The number of aromatic nitrogens is 2. The van der Waals surface area contributed by atoms with E-state index >= 15 is 0 Å². The number of sulfonamides is 2. The summed E-state index contributed by atoms with van der Waals surface area (Å²) in [4.78, 5) is 25.7. The number of hydrogen-bond acceptors (Lipinski definition) is 7. The van der Waals surface area contributed by atoms with Crippen molar-refractivity contribution >= 4 is 64.4 Å². The normalized spacial score (nSPS) is 13.6. The Morgan fingerprint density at radius 2 is 1.69 bits per heavy atom. The Balaban J connectivity index is 1.54. The molecule has 1 aliphatic carbocycles. The van der Waals surface area contributed by atoms with Crippen molar-refractivity contribution in [3.05, 3.63) is 82.5 Å². The zero-order chi connectivity index (χ0) is 30.2. The van der Waals surface area contributed by atoms with Crippen molar-refractivity contribution in [2.75, 3.05) is 24.2 Å². The van der Waals surface area contributed by atoms with Gasteiger partial charge in [0.25, 0.3) is 15.9 Å². The molecule has 42 heavy (non-hydrogen) atoms. The summed E-state index contributed by atoms with van der Waals surface area (Å²) in [5.41, 5.74) is 2.39. The van der Waals surface area contributed by atoms with E-state index in [9.17, 15) is 26.4 Å².